The van der Waals surface area contributed by atoms with E-state index in [2.05, 4.69) is 20.8 Å². The predicted octanol–water partition coefficient (Wildman–Crippen LogP) is 3.85. The number of nitrogens with zero attached hydrogens (tertiary/aromatic N) is 1. The lowest BCUT2D eigenvalue weighted by Gasteiger charge is -2.30. The molecule has 0 rings (SSSR count). The van der Waals surface area contributed by atoms with Crippen LogP contribution in [0.5, 0.6) is 0 Å². The normalized spacial score (nSPS) is 11.6. The summed E-state index contributed by atoms with van der Waals surface area (Å²) in [7, 11) is 3.70. The summed E-state index contributed by atoms with van der Waals surface area (Å²) in [5.74, 6) is 0.273. The SMILES string of the molecule is CCCCC(C)(CCCC)CC(=O)N(C)C. The van der Waals surface area contributed by atoms with E-state index in [4.69, 9.17) is 0 Å². The molecule has 0 atom stereocenters. The Bertz CT molecular complexity index is 191. The first-order valence-corrected chi connectivity index (χ1v) is 6.65. The lowest BCUT2D eigenvalue weighted by molar-refractivity contribution is -0.131. The van der Waals surface area contributed by atoms with Crippen LogP contribution < -0.4 is 0 Å². The summed E-state index contributed by atoms with van der Waals surface area (Å²) in [6.45, 7) is 6.71. The van der Waals surface area contributed by atoms with Gasteiger partial charge in [-0.25, -0.2) is 0 Å². The maximum Gasteiger partial charge on any atom is 0.222 e. The lowest BCUT2D eigenvalue weighted by atomic mass is 9.77. The first-order chi connectivity index (χ1) is 7.45. The highest BCUT2D eigenvalue weighted by Crippen LogP contribution is 2.34. The van der Waals surface area contributed by atoms with Crippen LogP contribution in [0.2, 0.25) is 0 Å². The number of unbranched alkanes of at least 4 members (excludes halogenated alkanes) is 2. The Labute approximate surface area is 101 Å². The molecule has 0 aliphatic rings. The number of hydrogen-bond acceptors (Lipinski definition) is 1. The van der Waals surface area contributed by atoms with E-state index in [1.807, 2.05) is 14.1 Å². The van der Waals surface area contributed by atoms with E-state index in [1.54, 1.807) is 4.90 Å². The minimum atomic E-state index is 0.216. The molecule has 0 bridgehead atoms. The third kappa shape index (κ3) is 6.14. The van der Waals surface area contributed by atoms with E-state index < -0.39 is 0 Å². The van der Waals surface area contributed by atoms with Crippen molar-refractivity contribution in [2.45, 2.75) is 65.7 Å². The van der Waals surface area contributed by atoms with E-state index in [1.165, 1.54) is 38.5 Å². The fourth-order valence-electron chi connectivity index (χ4n) is 2.03. The van der Waals surface area contributed by atoms with Crippen LogP contribution in [0, 0.1) is 5.41 Å². The standard InChI is InChI=1S/C14H29NO/c1-6-8-10-14(3,11-9-7-2)12-13(16)15(4)5/h6-12H2,1-5H3. The predicted molar refractivity (Wildman–Crippen MR) is 70.5 cm³/mol. The molecule has 0 aromatic rings. The van der Waals surface area contributed by atoms with E-state index in [0.717, 1.165) is 0 Å². The average Bonchev–Trinajstić information content (AvgIpc) is 2.23. The zero-order valence-corrected chi connectivity index (χ0v) is 11.8. The fraction of sp³-hybridized carbons (Fsp3) is 0.929. The summed E-state index contributed by atoms with van der Waals surface area (Å²) < 4.78 is 0. The Morgan fingerprint density at radius 2 is 1.50 bits per heavy atom. The van der Waals surface area contributed by atoms with Crippen molar-refractivity contribution in [3.63, 3.8) is 0 Å². The minimum absolute atomic E-state index is 0.216. The number of carbonyl (C=O) groups is 1. The van der Waals surface area contributed by atoms with Gasteiger partial charge in [0.1, 0.15) is 0 Å². The number of carbonyl (C=O) groups excluding carboxylic acids is 1. The summed E-state index contributed by atoms with van der Waals surface area (Å²) in [6, 6.07) is 0. The maximum atomic E-state index is 11.8. The van der Waals surface area contributed by atoms with Crippen molar-refractivity contribution < 1.29 is 4.79 Å². The van der Waals surface area contributed by atoms with Gasteiger partial charge in [-0.15, -0.1) is 0 Å². The summed E-state index contributed by atoms with van der Waals surface area (Å²) >= 11 is 0. The maximum absolute atomic E-state index is 11.8. The van der Waals surface area contributed by atoms with Crippen molar-refractivity contribution in [1.82, 2.24) is 4.90 Å². The molecule has 0 saturated heterocycles. The monoisotopic (exact) mass is 227 g/mol. The molecular formula is C14H29NO. The molecule has 0 radical (unpaired) electrons. The Kier molecular flexibility index (Phi) is 7.44. The van der Waals surface area contributed by atoms with Gasteiger partial charge in [0, 0.05) is 20.5 Å². The van der Waals surface area contributed by atoms with E-state index >= 15 is 0 Å². The molecule has 16 heavy (non-hydrogen) atoms. The van der Waals surface area contributed by atoms with Crippen LogP contribution in [0.3, 0.4) is 0 Å². The second-order valence-electron chi connectivity index (χ2n) is 5.48. The van der Waals surface area contributed by atoms with Crippen LogP contribution >= 0.6 is 0 Å². The molecule has 0 aliphatic carbocycles. The summed E-state index contributed by atoms with van der Waals surface area (Å²) in [4.78, 5) is 13.5. The molecular weight excluding hydrogens is 198 g/mol. The van der Waals surface area contributed by atoms with E-state index in [9.17, 15) is 4.79 Å². The smallest absolute Gasteiger partial charge is 0.222 e. The van der Waals surface area contributed by atoms with Gasteiger partial charge in [0.15, 0.2) is 0 Å². The molecule has 0 N–H and O–H groups in total. The van der Waals surface area contributed by atoms with Gasteiger partial charge < -0.3 is 4.90 Å². The molecule has 0 heterocycles. The highest BCUT2D eigenvalue weighted by atomic mass is 16.2. The van der Waals surface area contributed by atoms with Crippen molar-refractivity contribution in [1.29, 1.82) is 0 Å². The summed E-state index contributed by atoms with van der Waals surface area (Å²) in [5.41, 5.74) is 0.216. The van der Waals surface area contributed by atoms with Gasteiger partial charge >= 0.3 is 0 Å². The summed E-state index contributed by atoms with van der Waals surface area (Å²) in [5, 5.41) is 0. The van der Waals surface area contributed by atoms with Crippen LogP contribution in [0.1, 0.15) is 65.7 Å². The Hall–Kier alpha value is -0.530. The van der Waals surface area contributed by atoms with E-state index in [-0.39, 0.29) is 11.3 Å². The molecule has 0 spiro atoms. The first-order valence-electron chi connectivity index (χ1n) is 6.65. The zero-order valence-electron chi connectivity index (χ0n) is 11.8. The van der Waals surface area contributed by atoms with Gasteiger partial charge in [0.05, 0.1) is 0 Å². The molecule has 0 fully saturated rings. The van der Waals surface area contributed by atoms with Gasteiger partial charge in [-0.2, -0.15) is 0 Å². The largest absolute Gasteiger partial charge is 0.349 e. The van der Waals surface area contributed by atoms with Crippen molar-refractivity contribution in [2.75, 3.05) is 14.1 Å². The van der Waals surface area contributed by atoms with E-state index in [0.29, 0.717) is 6.42 Å². The molecule has 0 unspecified atom stereocenters. The fourth-order valence-corrected chi connectivity index (χ4v) is 2.03. The number of rotatable bonds is 8. The molecule has 0 aromatic heterocycles. The van der Waals surface area contributed by atoms with Crippen LogP contribution in [0.25, 0.3) is 0 Å². The van der Waals surface area contributed by atoms with Crippen molar-refractivity contribution in [3.8, 4) is 0 Å². The van der Waals surface area contributed by atoms with Crippen molar-refractivity contribution in [3.05, 3.63) is 0 Å². The van der Waals surface area contributed by atoms with Gasteiger partial charge in [0.25, 0.3) is 0 Å². The highest BCUT2D eigenvalue weighted by Gasteiger charge is 2.26. The second kappa shape index (κ2) is 7.70. The molecule has 96 valence electrons. The van der Waals surface area contributed by atoms with Crippen molar-refractivity contribution in [2.24, 2.45) is 5.41 Å². The number of hydrogen-bond donors (Lipinski definition) is 0. The van der Waals surface area contributed by atoms with Crippen LogP contribution in [0.15, 0.2) is 0 Å². The second-order valence-corrected chi connectivity index (χ2v) is 5.48. The molecule has 0 aromatic carbocycles. The Morgan fingerprint density at radius 3 is 1.81 bits per heavy atom. The van der Waals surface area contributed by atoms with Gasteiger partial charge in [-0.05, 0) is 18.3 Å². The zero-order chi connectivity index (χ0) is 12.6. The molecule has 0 aliphatic heterocycles. The molecule has 0 saturated carbocycles. The molecule has 2 heteroatoms. The highest BCUT2D eigenvalue weighted by molar-refractivity contribution is 5.76. The van der Waals surface area contributed by atoms with Gasteiger partial charge in [-0.3, -0.25) is 4.79 Å². The van der Waals surface area contributed by atoms with Gasteiger partial charge in [-0.1, -0.05) is 46.5 Å². The third-order valence-corrected chi connectivity index (χ3v) is 3.34. The molecule has 2 nitrogen and oxygen atoms in total. The lowest BCUT2D eigenvalue weighted by Crippen LogP contribution is -2.29. The first kappa shape index (κ1) is 15.5. The number of amides is 1. The summed E-state index contributed by atoms with van der Waals surface area (Å²) in [6.07, 6.45) is 7.99. The average molecular weight is 227 g/mol. The van der Waals surface area contributed by atoms with Gasteiger partial charge in [0.2, 0.25) is 5.91 Å². The minimum Gasteiger partial charge on any atom is -0.349 e. The van der Waals surface area contributed by atoms with Crippen LogP contribution in [0.4, 0.5) is 0 Å². The Morgan fingerprint density at radius 1 is 1.06 bits per heavy atom. The molecule has 1 amide bonds. The van der Waals surface area contributed by atoms with Crippen LogP contribution in [-0.2, 0) is 4.79 Å². The quantitative estimate of drug-likeness (QED) is 0.617. The topological polar surface area (TPSA) is 20.3 Å². The van der Waals surface area contributed by atoms with Crippen molar-refractivity contribution >= 4 is 5.91 Å². The third-order valence-electron chi connectivity index (χ3n) is 3.34. The van der Waals surface area contributed by atoms with Crippen LogP contribution in [-0.4, -0.2) is 24.9 Å². The Balaban J connectivity index is 4.33.